The Morgan fingerprint density at radius 2 is 2.09 bits per heavy atom. The van der Waals surface area contributed by atoms with Crippen LogP contribution in [0.3, 0.4) is 0 Å². The van der Waals surface area contributed by atoms with E-state index in [-0.39, 0.29) is 47.0 Å². The van der Waals surface area contributed by atoms with Crippen molar-refractivity contribution in [3.8, 4) is 11.4 Å². The molecule has 1 aromatic heterocycles. The van der Waals surface area contributed by atoms with Crippen molar-refractivity contribution in [3.63, 3.8) is 0 Å². The number of amides is 2. The number of hydrogen-bond donors (Lipinski definition) is 2. The summed E-state index contributed by atoms with van der Waals surface area (Å²) >= 11 is 5.77. The lowest BCUT2D eigenvalue weighted by molar-refractivity contribution is -0.121. The molecule has 0 saturated carbocycles. The number of allylic oxidation sites excluding steroid dienone is 3. The highest BCUT2D eigenvalue weighted by molar-refractivity contribution is 6.31. The maximum absolute atomic E-state index is 14.1. The number of azo groups is 1. The van der Waals surface area contributed by atoms with Gasteiger partial charge in [0, 0.05) is 31.5 Å². The molecule has 4 rings (SSSR count). The summed E-state index contributed by atoms with van der Waals surface area (Å²) < 4.78 is 19.2. The van der Waals surface area contributed by atoms with Gasteiger partial charge in [-0.2, -0.15) is 4.98 Å². The summed E-state index contributed by atoms with van der Waals surface area (Å²) in [5.41, 5.74) is 0.927. The predicted octanol–water partition coefficient (Wildman–Crippen LogP) is 3.50. The number of fused-ring (bicyclic) bond motifs is 1. The van der Waals surface area contributed by atoms with Crippen LogP contribution in [0.15, 0.2) is 68.6 Å². The Hall–Kier alpha value is -3.66. The molecular formula is C22H20ClFN6O3. The first-order valence-corrected chi connectivity index (χ1v) is 10.7. The van der Waals surface area contributed by atoms with Gasteiger partial charge in [-0.05, 0) is 18.6 Å². The van der Waals surface area contributed by atoms with Gasteiger partial charge >= 0.3 is 0 Å². The quantitative estimate of drug-likeness (QED) is 0.541. The molecule has 170 valence electrons. The fourth-order valence-corrected chi connectivity index (χ4v) is 3.49. The van der Waals surface area contributed by atoms with E-state index in [0.29, 0.717) is 25.3 Å². The molecule has 0 bridgehead atoms. The summed E-state index contributed by atoms with van der Waals surface area (Å²) in [6.07, 6.45) is 8.31. The zero-order valence-corrected chi connectivity index (χ0v) is 18.2. The molecule has 1 aliphatic heterocycles. The van der Waals surface area contributed by atoms with E-state index in [4.69, 9.17) is 16.1 Å². The summed E-state index contributed by atoms with van der Waals surface area (Å²) in [5.74, 6) is -0.592. The van der Waals surface area contributed by atoms with E-state index < -0.39 is 11.7 Å². The summed E-state index contributed by atoms with van der Waals surface area (Å²) in [4.78, 5) is 28.0. The van der Waals surface area contributed by atoms with Crippen LogP contribution in [-0.4, -0.2) is 35.0 Å². The van der Waals surface area contributed by atoms with Gasteiger partial charge in [-0.25, -0.2) is 4.39 Å². The number of aryl methyl sites for hydroxylation is 1. The molecule has 0 spiro atoms. The van der Waals surface area contributed by atoms with Crippen molar-refractivity contribution in [2.75, 3.05) is 13.1 Å². The topological polar surface area (TPSA) is 122 Å². The molecular weight excluding hydrogens is 451 g/mol. The molecule has 1 aliphatic carbocycles. The van der Waals surface area contributed by atoms with Crippen molar-refractivity contribution in [3.05, 3.63) is 70.6 Å². The molecule has 1 aromatic carbocycles. The molecule has 1 atom stereocenters. The van der Waals surface area contributed by atoms with Crippen molar-refractivity contribution >= 4 is 23.4 Å². The number of nitrogens with zero attached hydrogens (tertiary/aromatic N) is 4. The minimum atomic E-state index is -0.623. The summed E-state index contributed by atoms with van der Waals surface area (Å²) in [5, 5.41) is 17.3. The average molecular weight is 471 g/mol. The van der Waals surface area contributed by atoms with Crippen molar-refractivity contribution in [1.82, 2.24) is 20.8 Å². The monoisotopic (exact) mass is 470 g/mol. The first kappa shape index (κ1) is 22.5. The molecule has 11 heteroatoms. The Kier molecular flexibility index (Phi) is 7.04. The standard InChI is InChI=1S/C22H20ClFN6O3/c23-16-8-3-7-15(19(16)24)21-27-18(33-30-21)10-9-17(31)25-11-4-12-26-20-13-5-1-2-6-14(13)22(32)29-28-20/h1-3,5-8,14,26H,4,9-12H2,(H,25,31). The van der Waals surface area contributed by atoms with Crippen molar-refractivity contribution in [2.45, 2.75) is 19.3 Å². The van der Waals surface area contributed by atoms with E-state index in [1.54, 1.807) is 12.1 Å². The number of carbonyl (C=O) groups is 2. The van der Waals surface area contributed by atoms with Crippen molar-refractivity contribution < 1.29 is 18.5 Å². The van der Waals surface area contributed by atoms with Gasteiger partial charge in [-0.15, -0.1) is 10.2 Å². The van der Waals surface area contributed by atoms with Crippen LogP contribution in [0.5, 0.6) is 0 Å². The molecule has 2 amide bonds. The van der Waals surface area contributed by atoms with Crippen molar-refractivity contribution in [2.24, 2.45) is 16.1 Å². The van der Waals surface area contributed by atoms with Gasteiger partial charge in [0.1, 0.15) is 0 Å². The number of carbonyl (C=O) groups excluding carboxylic acids is 2. The summed E-state index contributed by atoms with van der Waals surface area (Å²) in [7, 11) is 0. The van der Waals surface area contributed by atoms with Crippen LogP contribution in [0.2, 0.25) is 5.02 Å². The molecule has 0 fully saturated rings. The minimum Gasteiger partial charge on any atom is -0.368 e. The molecule has 2 heterocycles. The zero-order chi connectivity index (χ0) is 23.2. The maximum Gasteiger partial charge on any atom is 0.276 e. The van der Waals surface area contributed by atoms with Gasteiger partial charge in [-0.3, -0.25) is 9.59 Å². The Bertz CT molecular complexity index is 1190. The first-order valence-electron chi connectivity index (χ1n) is 10.3. The van der Waals surface area contributed by atoms with Crippen LogP contribution in [0, 0.1) is 11.7 Å². The summed E-state index contributed by atoms with van der Waals surface area (Å²) in [6.45, 7) is 1.00. The number of aromatic nitrogens is 2. The molecule has 9 nitrogen and oxygen atoms in total. The second-order valence-corrected chi connectivity index (χ2v) is 7.71. The number of rotatable bonds is 9. The lowest BCUT2D eigenvalue weighted by Crippen LogP contribution is -2.28. The van der Waals surface area contributed by atoms with Gasteiger partial charge in [0.25, 0.3) is 5.91 Å². The highest BCUT2D eigenvalue weighted by atomic mass is 35.5. The van der Waals surface area contributed by atoms with Gasteiger partial charge in [-0.1, -0.05) is 47.1 Å². The van der Waals surface area contributed by atoms with Crippen LogP contribution >= 0.6 is 11.6 Å². The highest BCUT2D eigenvalue weighted by Gasteiger charge is 2.27. The second-order valence-electron chi connectivity index (χ2n) is 7.31. The normalized spacial score (nSPS) is 16.8. The molecule has 0 radical (unpaired) electrons. The zero-order valence-electron chi connectivity index (χ0n) is 17.4. The molecule has 2 aromatic rings. The van der Waals surface area contributed by atoms with E-state index in [2.05, 4.69) is 31.0 Å². The van der Waals surface area contributed by atoms with Crippen LogP contribution in [0.25, 0.3) is 11.4 Å². The van der Waals surface area contributed by atoms with Crippen LogP contribution in [0.1, 0.15) is 18.7 Å². The lowest BCUT2D eigenvalue weighted by Gasteiger charge is -2.20. The SMILES string of the molecule is O=C(CCc1nc(-c2cccc(Cl)c2F)no1)NCCCNC1=C2C=CC=CC2C(=O)N=N1. The van der Waals surface area contributed by atoms with Crippen LogP contribution in [0.4, 0.5) is 4.39 Å². The third-order valence-electron chi connectivity index (χ3n) is 5.01. The maximum atomic E-state index is 14.1. The Balaban J connectivity index is 1.18. The van der Waals surface area contributed by atoms with Crippen LogP contribution in [-0.2, 0) is 16.0 Å². The van der Waals surface area contributed by atoms with Gasteiger partial charge in [0.2, 0.25) is 17.6 Å². The predicted molar refractivity (Wildman–Crippen MR) is 117 cm³/mol. The van der Waals surface area contributed by atoms with Crippen LogP contribution < -0.4 is 10.6 Å². The fraction of sp³-hybridized carbons (Fsp3) is 0.273. The molecule has 1 unspecified atom stereocenters. The highest BCUT2D eigenvalue weighted by Crippen LogP contribution is 2.27. The van der Waals surface area contributed by atoms with E-state index in [1.807, 2.05) is 18.2 Å². The largest absolute Gasteiger partial charge is 0.368 e. The Morgan fingerprint density at radius 3 is 2.97 bits per heavy atom. The third kappa shape index (κ3) is 5.40. The Morgan fingerprint density at radius 1 is 1.21 bits per heavy atom. The van der Waals surface area contributed by atoms with Gasteiger partial charge in [0.15, 0.2) is 11.6 Å². The third-order valence-corrected chi connectivity index (χ3v) is 5.30. The summed E-state index contributed by atoms with van der Waals surface area (Å²) in [6, 6.07) is 4.52. The lowest BCUT2D eigenvalue weighted by atomic mass is 9.93. The molecule has 2 aliphatic rings. The number of halogens is 2. The van der Waals surface area contributed by atoms with Gasteiger partial charge < -0.3 is 15.2 Å². The van der Waals surface area contributed by atoms with Gasteiger partial charge in [0.05, 0.1) is 16.5 Å². The molecule has 33 heavy (non-hydrogen) atoms. The Labute approximate surface area is 193 Å². The average Bonchev–Trinajstić information content (AvgIpc) is 3.29. The van der Waals surface area contributed by atoms with E-state index in [0.717, 1.165) is 5.57 Å². The molecule has 0 saturated heterocycles. The minimum absolute atomic E-state index is 0.0309. The first-order chi connectivity index (χ1) is 16.0. The number of nitrogens with one attached hydrogen (secondary N) is 2. The number of benzene rings is 1. The second kappa shape index (κ2) is 10.3. The van der Waals surface area contributed by atoms with E-state index >= 15 is 0 Å². The fourth-order valence-electron chi connectivity index (χ4n) is 3.31. The number of hydrogen-bond acceptors (Lipinski definition) is 7. The molecule has 2 N–H and O–H groups in total. The van der Waals surface area contributed by atoms with Crippen molar-refractivity contribution in [1.29, 1.82) is 0 Å². The van der Waals surface area contributed by atoms with E-state index in [9.17, 15) is 14.0 Å². The smallest absolute Gasteiger partial charge is 0.276 e. The van der Waals surface area contributed by atoms with E-state index in [1.165, 1.54) is 12.1 Å².